The maximum atomic E-state index is 3.45. The number of benzene rings is 1. The van der Waals surface area contributed by atoms with Crippen molar-refractivity contribution in [2.75, 3.05) is 13.1 Å². The lowest BCUT2D eigenvalue weighted by molar-refractivity contribution is 0.372. The number of rotatable bonds is 3. The molecule has 0 radical (unpaired) electrons. The quantitative estimate of drug-likeness (QED) is 0.852. The van der Waals surface area contributed by atoms with Crippen LogP contribution in [-0.4, -0.2) is 13.1 Å². The summed E-state index contributed by atoms with van der Waals surface area (Å²) in [7, 11) is 0. The van der Waals surface area contributed by atoms with Crippen LogP contribution < -0.4 is 5.32 Å². The van der Waals surface area contributed by atoms with E-state index < -0.39 is 0 Å². The first-order valence-electron chi connectivity index (χ1n) is 8.21. The summed E-state index contributed by atoms with van der Waals surface area (Å²) < 4.78 is 0. The molecule has 0 atom stereocenters. The van der Waals surface area contributed by atoms with Crippen molar-refractivity contribution in [2.24, 2.45) is 5.92 Å². The molecule has 1 nitrogen and oxygen atoms in total. The molecule has 1 heteroatoms. The van der Waals surface area contributed by atoms with Crippen molar-refractivity contribution in [1.29, 1.82) is 0 Å². The Labute approximate surface area is 117 Å². The van der Waals surface area contributed by atoms with Crippen LogP contribution in [0.3, 0.4) is 0 Å². The van der Waals surface area contributed by atoms with Gasteiger partial charge >= 0.3 is 0 Å². The molecule has 1 aliphatic carbocycles. The first kappa shape index (κ1) is 13.2. The Morgan fingerprint density at radius 3 is 2.21 bits per heavy atom. The molecule has 19 heavy (non-hydrogen) atoms. The van der Waals surface area contributed by atoms with Crippen molar-refractivity contribution >= 4 is 0 Å². The third kappa shape index (κ3) is 3.60. The predicted octanol–water partition coefficient (Wildman–Crippen LogP) is 4.28. The van der Waals surface area contributed by atoms with Gasteiger partial charge in [-0.25, -0.2) is 0 Å². The molecule has 2 aliphatic rings. The zero-order chi connectivity index (χ0) is 12.9. The molecule has 1 saturated heterocycles. The summed E-state index contributed by atoms with van der Waals surface area (Å²) in [5, 5.41) is 3.45. The second-order valence-electron chi connectivity index (χ2n) is 6.47. The van der Waals surface area contributed by atoms with Gasteiger partial charge in [-0.15, -0.1) is 0 Å². The van der Waals surface area contributed by atoms with Gasteiger partial charge in [-0.1, -0.05) is 43.5 Å². The highest BCUT2D eigenvalue weighted by atomic mass is 14.9. The Bertz CT molecular complexity index is 369. The summed E-state index contributed by atoms with van der Waals surface area (Å²) in [5.74, 6) is 1.75. The van der Waals surface area contributed by atoms with Crippen molar-refractivity contribution in [2.45, 2.75) is 57.3 Å². The first-order valence-corrected chi connectivity index (χ1v) is 8.21. The van der Waals surface area contributed by atoms with Gasteiger partial charge in [0.05, 0.1) is 0 Å². The molecule has 1 heterocycles. The average Bonchev–Trinajstić information content (AvgIpc) is 2.50. The fourth-order valence-corrected chi connectivity index (χ4v) is 3.78. The van der Waals surface area contributed by atoms with Gasteiger partial charge in [0.25, 0.3) is 0 Å². The molecule has 0 unspecified atom stereocenters. The van der Waals surface area contributed by atoms with Crippen molar-refractivity contribution in [1.82, 2.24) is 5.32 Å². The molecule has 104 valence electrons. The molecular formula is C18H27N. The van der Waals surface area contributed by atoms with E-state index in [4.69, 9.17) is 0 Å². The normalized spacial score (nSPS) is 22.5. The van der Waals surface area contributed by atoms with Gasteiger partial charge in [-0.2, -0.15) is 0 Å². The third-order valence-electron chi connectivity index (χ3n) is 5.04. The van der Waals surface area contributed by atoms with Gasteiger partial charge in [-0.05, 0) is 68.2 Å². The van der Waals surface area contributed by atoms with Crippen molar-refractivity contribution < 1.29 is 0 Å². The SMILES string of the molecule is c1cc(C2CCCCC2)ccc1CC1CCNCC1. The van der Waals surface area contributed by atoms with E-state index in [0.29, 0.717) is 0 Å². The lowest BCUT2D eigenvalue weighted by Crippen LogP contribution is -2.28. The summed E-state index contributed by atoms with van der Waals surface area (Å²) in [6.45, 7) is 2.43. The average molecular weight is 257 g/mol. The van der Waals surface area contributed by atoms with E-state index in [0.717, 1.165) is 11.8 Å². The Kier molecular flexibility index (Phi) is 4.55. The zero-order valence-corrected chi connectivity index (χ0v) is 12.0. The highest BCUT2D eigenvalue weighted by molar-refractivity contribution is 5.26. The molecule has 0 amide bonds. The van der Waals surface area contributed by atoms with E-state index in [1.165, 1.54) is 64.5 Å². The van der Waals surface area contributed by atoms with Gasteiger partial charge in [0.2, 0.25) is 0 Å². The van der Waals surface area contributed by atoms with E-state index in [1.54, 1.807) is 11.1 Å². The van der Waals surface area contributed by atoms with Crippen LogP contribution in [0.4, 0.5) is 0 Å². The third-order valence-corrected chi connectivity index (χ3v) is 5.04. The minimum Gasteiger partial charge on any atom is -0.317 e. The lowest BCUT2D eigenvalue weighted by Gasteiger charge is -2.24. The summed E-state index contributed by atoms with van der Waals surface area (Å²) in [5.41, 5.74) is 3.14. The maximum Gasteiger partial charge on any atom is -0.00462 e. The number of hydrogen-bond donors (Lipinski definition) is 1. The lowest BCUT2D eigenvalue weighted by atomic mass is 9.83. The van der Waals surface area contributed by atoms with Crippen LogP contribution in [0.5, 0.6) is 0 Å². The molecule has 1 aromatic carbocycles. The summed E-state index contributed by atoms with van der Waals surface area (Å²) >= 11 is 0. The largest absolute Gasteiger partial charge is 0.317 e. The minimum atomic E-state index is 0.849. The first-order chi connectivity index (χ1) is 9.42. The van der Waals surface area contributed by atoms with Gasteiger partial charge in [0, 0.05) is 0 Å². The number of nitrogens with one attached hydrogen (secondary N) is 1. The standard InChI is InChI=1S/C18H27N/c1-2-4-17(5-3-1)18-8-6-15(7-9-18)14-16-10-12-19-13-11-16/h6-9,16-17,19H,1-5,10-14H2. The fraction of sp³-hybridized carbons (Fsp3) is 0.667. The van der Waals surface area contributed by atoms with Crippen molar-refractivity contribution in [3.8, 4) is 0 Å². The van der Waals surface area contributed by atoms with Crippen LogP contribution in [0.2, 0.25) is 0 Å². The molecule has 1 N–H and O–H groups in total. The number of hydrogen-bond acceptors (Lipinski definition) is 1. The van der Waals surface area contributed by atoms with Gasteiger partial charge in [0.1, 0.15) is 0 Å². The highest BCUT2D eigenvalue weighted by Crippen LogP contribution is 2.32. The Morgan fingerprint density at radius 2 is 1.53 bits per heavy atom. The van der Waals surface area contributed by atoms with Crippen molar-refractivity contribution in [3.05, 3.63) is 35.4 Å². The number of piperidine rings is 1. The molecular weight excluding hydrogens is 230 g/mol. The maximum absolute atomic E-state index is 3.45. The van der Waals surface area contributed by atoms with Crippen LogP contribution in [-0.2, 0) is 6.42 Å². The fourth-order valence-electron chi connectivity index (χ4n) is 3.78. The molecule has 1 saturated carbocycles. The van der Waals surface area contributed by atoms with E-state index in [-0.39, 0.29) is 0 Å². The smallest absolute Gasteiger partial charge is 0.00462 e. The highest BCUT2D eigenvalue weighted by Gasteiger charge is 2.16. The van der Waals surface area contributed by atoms with Crippen LogP contribution in [0.25, 0.3) is 0 Å². The topological polar surface area (TPSA) is 12.0 Å². The van der Waals surface area contributed by atoms with Crippen LogP contribution in [0, 0.1) is 5.92 Å². The van der Waals surface area contributed by atoms with Gasteiger partial charge in [0.15, 0.2) is 0 Å². The van der Waals surface area contributed by atoms with E-state index in [2.05, 4.69) is 29.6 Å². The molecule has 0 bridgehead atoms. The summed E-state index contributed by atoms with van der Waals surface area (Å²) in [6.07, 6.45) is 11.1. The zero-order valence-electron chi connectivity index (χ0n) is 12.0. The molecule has 0 spiro atoms. The van der Waals surface area contributed by atoms with E-state index in [9.17, 15) is 0 Å². The Hall–Kier alpha value is -0.820. The molecule has 1 aromatic rings. The van der Waals surface area contributed by atoms with E-state index >= 15 is 0 Å². The predicted molar refractivity (Wildman–Crippen MR) is 81.6 cm³/mol. The molecule has 3 rings (SSSR count). The van der Waals surface area contributed by atoms with Crippen LogP contribution in [0.1, 0.15) is 62.0 Å². The molecule has 0 aromatic heterocycles. The van der Waals surface area contributed by atoms with Gasteiger partial charge in [-0.3, -0.25) is 0 Å². The van der Waals surface area contributed by atoms with Crippen LogP contribution in [0.15, 0.2) is 24.3 Å². The van der Waals surface area contributed by atoms with Gasteiger partial charge < -0.3 is 5.32 Å². The second kappa shape index (κ2) is 6.56. The minimum absolute atomic E-state index is 0.849. The Morgan fingerprint density at radius 1 is 0.842 bits per heavy atom. The summed E-state index contributed by atoms with van der Waals surface area (Å²) in [6, 6.07) is 9.61. The monoisotopic (exact) mass is 257 g/mol. The summed E-state index contributed by atoms with van der Waals surface area (Å²) in [4.78, 5) is 0. The second-order valence-corrected chi connectivity index (χ2v) is 6.47. The molecule has 1 aliphatic heterocycles. The van der Waals surface area contributed by atoms with Crippen LogP contribution >= 0.6 is 0 Å². The Balaban J connectivity index is 1.58. The molecule has 2 fully saturated rings. The van der Waals surface area contributed by atoms with Crippen molar-refractivity contribution in [3.63, 3.8) is 0 Å². The van der Waals surface area contributed by atoms with E-state index in [1.807, 2.05) is 0 Å².